The van der Waals surface area contributed by atoms with E-state index in [1.807, 2.05) is 6.07 Å². The molecule has 1 fully saturated rings. The highest BCUT2D eigenvalue weighted by Gasteiger charge is 2.34. The van der Waals surface area contributed by atoms with E-state index < -0.39 is 0 Å². The van der Waals surface area contributed by atoms with Crippen molar-refractivity contribution in [1.29, 1.82) is 0 Å². The average Bonchev–Trinajstić information content (AvgIpc) is 2.88. The lowest BCUT2D eigenvalue weighted by Crippen LogP contribution is -2.37. The van der Waals surface area contributed by atoms with Crippen LogP contribution in [-0.2, 0) is 11.2 Å². The van der Waals surface area contributed by atoms with Gasteiger partial charge in [-0.15, -0.1) is 0 Å². The van der Waals surface area contributed by atoms with Crippen molar-refractivity contribution in [2.75, 3.05) is 33.4 Å². The first kappa shape index (κ1) is 15.8. The molecule has 2 rings (SSSR count). The Kier molecular flexibility index (Phi) is 5.87. The third kappa shape index (κ3) is 3.96. The van der Waals surface area contributed by atoms with Gasteiger partial charge < -0.3 is 14.8 Å². The minimum atomic E-state index is 0.239. The summed E-state index contributed by atoms with van der Waals surface area (Å²) in [6.07, 6.45) is 3.35. The van der Waals surface area contributed by atoms with E-state index in [0.29, 0.717) is 0 Å². The smallest absolute Gasteiger partial charge is 0.133 e. The van der Waals surface area contributed by atoms with Crippen LogP contribution in [0.2, 0.25) is 0 Å². The fourth-order valence-corrected chi connectivity index (χ4v) is 3.36. The van der Waals surface area contributed by atoms with Crippen molar-refractivity contribution < 1.29 is 9.47 Å². The Morgan fingerprint density at radius 3 is 2.90 bits per heavy atom. The molecule has 0 aromatic heterocycles. The van der Waals surface area contributed by atoms with Crippen LogP contribution in [0.25, 0.3) is 0 Å². The lowest BCUT2D eigenvalue weighted by Gasteiger charge is -2.28. The van der Waals surface area contributed by atoms with Gasteiger partial charge >= 0.3 is 0 Å². The van der Waals surface area contributed by atoms with Crippen LogP contribution in [0.15, 0.2) is 22.7 Å². The molecule has 1 aliphatic heterocycles. The van der Waals surface area contributed by atoms with Crippen molar-refractivity contribution in [1.82, 2.24) is 5.32 Å². The molecule has 112 valence electrons. The van der Waals surface area contributed by atoms with Crippen LogP contribution in [0.5, 0.6) is 5.75 Å². The molecule has 1 saturated heterocycles. The van der Waals surface area contributed by atoms with E-state index >= 15 is 0 Å². The van der Waals surface area contributed by atoms with Gasteiger partial charge in [0.15, 0.2) is 0 Å². The number of halogens is 1. The molecule has 3 nitrogen and oxygen atoms in total. The summed E-state index contributed by atoms with van der Waals surface area (Å²) in [4.78, 5) is 0. The monoisotopic (exact) mass is 341 g/mol. The third-order valence-corrected chi connectivity index (χ3v) is 4.53. The van der Waals surface area contributed by atoms with Crippen LogP contribution < -0.4 is 10.1 Å². The standard InChI is InChI=1S/C16H24BrNO2/c1-3-7-18-11-16(6-8-20-12-16)10-13-4-5-15(19-2)14(17)9-13/h4-5,9,18H,3,6-8,10-12H2,1-2H3. The molecule has 1 aromatic rings. The van der Waals surface area contributed by atoms with E-state index in [1.54, 1.807) is 7.11 Å². The van der Waals surface area contributed by atoms with Gasteiger partial charge in [0.25, 0.3) is 0 Å². The third-order valence-electron chi connectivity index (χ3n) is 3.91. The van der Waals surface area contributed by atoms with E-state index in [4.69, 9.17) is 9.47 Å². The first-order valence-electron chi connectivity index (χ1n) is 7.30. The minimum absolute atomic E-state index is 0.239. The summed E-state index contributed by atoms with van der Waals surface area (Å²) >= 11 is 3.57. The molecule has 0 radical (unpaired) electrons. The highest BCUT2D eigenvalue weighted by atomic mass is 79.9. The van der Waals surface area contributed by atoms with E-state index in [-0.39, 0.29) is 5.41 Å². The summed E-state index contributed by atoms with van der Waals surface area (Å²) in [6, 6.07) is 6.35. The maximum absolute atomic E-state index is 5.66. The molecule has 1 atom stereocenters. The number of benzene rings is 1. The molecule has 0 bridgehead atoms. The van der Waals surface area contributed by atoms with Gasteiger partial charge in [-0.1, -0.05) is 13.0 Å². The van der Waals surface area contributed by atoms with Gasteiger partial charge in [0, 0.05) is 18.6 Å². The SMILES string of the molecule is CCCNCC1(Cc2ccc(OC)c(Br)c2)CCOC1. The Morgan fingerprint density at radius 2 is 2.30 bits per heavy atom. The van der Waals surface area contributed by atoms with Crippen LogP contribution in [0.3, 0.4) is 0 Å². The van der Waals surface area contributed by atoms with Crippen LogP contribution in [0.1, 0.15) is 25.3 Å². The van der Waals surface area contributed by atoms with Crippen LogP contribution in [0, 0.1) is 5.41 Å². The van der Waals surface area contributed by atoms with Gasteiger partial charge in [-0.25, -0.2) is 0 Å². The van der Waals surface area contributed by atoms with Gasteiger partial charge in [0.2, 0.25) is 0 Å². The first-order valence-corrected chi connectivity index (χ1v) is 8.09. The van der Waals surface area contributed by atoms with Gasteiger partial charge in [0.05, 0.1) is 18.2 Å². The molecule has 1 heterocycles. The molecule has 1 aliphatic rings. The summed E-state index contributed by atoms with van der Waals surface area (Å²) in [5, 5.41) is 3.56. The number of rotatable bonds is 7. The fraction of sp³-hybridized carbons (Fsp3) is 0.625. The average molecular weight is 342 g/mol. The second kappa shape index (κ2) is 7.43. The van der Waals surface area contributed by atoms with Crippen molar-refractivity contribution in [2.45, 2.75) is 26.2 Å². The molecule has 20 heavy (non-hydrogen) atoms. The van der Waals surface area contributed by atoms with Crippen molar-refractivity contribution in [3.8, 4) is 5.75 Å². The van der Waals surface area contributed by atoms with E-state index in [2.05, 4.69) is 40.3 Å². The van der Waals surface area contributed by atoms with E-state index in [1.165, 1.54) is 12.0 Å². The van der Waals surface area contributed by atoms with Gasteiger partial charge in [-0.2, -0.15) is 0 Å². The van der Waals surface area contributed by atoms with Gasteiger partial charge in [0.1, 0.15) is 5.75 Å². The molecular formula is C16H24BrNO2. The highest BCUT2D eigenvalue weighted by Crippen LogP contribution is 2.34. The Balaban J connectivity index is 2.05. The normalized spacial score (nSPS) is 22.1. The number of nitrogens with one attached hydrogen (secondary N) is 1. The van der Waals surface area contributed by atoms with Crippen molar-refractivity contribution in [2.24, 2.45) is 5.41 Å². The number of hydrogen-bond donors (Lipinski definition) is 1. The molecule has 4 heteroatoms. The number of ether oxygens (including phenoxy) is 2. The predicted octanol–water partition coefficient (Wildman–Crippen LogP) is 3.41. The number of methoxy groups -OCH3 is 1. The molecule has 1 aromatic carbocycles. The van der Waals surface area contributed by atoms with Crippen LogP contribution in [0.4, 0.5) is 0 Å². The predicted molar refractivity (Wildman–Crippen MR) is 85.4 cm³/mol. The molecule has 0 saturated carbocycles. The molecule has 0 spiro atoms. The second-order valence-corrected chi connectivity index (χ2v) is 6.48. The molecule has 1 N–H and O–H groups in total. The lowest BCUT2D eigenvalue weighted by molar-refractivity contribution is 0.149. The summed E-state index contributed by atoms with van der Waals surface area (Å²) < 4.78 is 12.0. The molecule has 0 amide bonds. The molecular weight excluding hydrogens is 318 g/mol. The van der Waals surface area contributed by atoms with Gasteiger partial charge in [-0.3, -0.25) is 0 Å². The Hall–Kier alpha value is -0.580. The van der Waals surface area contributed by atoms with Crippen molar-refractivity contribution >= 4 is 15.9 Å². The molecule has 0 aliphatic carbocycles. The van der Waals surface area contributed by atoms with Crippen LogP contribution >= 0.6 is 15.9 Å². The zero-order valence-corrected chi connectivity index (χ0v) is 14.0. The summed E-state index contributed by atoms with van der Waals surface area (Å²) in [7, 11) is 1.70. The Labute approximate surface area is 130 Å². The summed E-state index contributed by atoms with van der Waals surface area (Å²) in [6.45, 7) is 6.04. The number of hydrogen-bond acceptors (Lipinski definition) is 3. The largest absolute Gasteiger partial charge is 0.496 e. The van der Waals surface area contributed by atoms with Gasteiger partial charge in [-0.05, 0) is 59.4 Å². The Morgan fingerprint density at radius 1 is 1.45 bits per heavy atom. The highest BCUT2D eigenvalue weighted by molar-refractivity contribution is 9.10. The summed E-state index contributed by atoms with van der Waals surface area (Å²) in [5.41, 5.74) is 1.57. The van der Waals surface area contributed by atoms with E-state index in [9.17, 15) is 0 Å². The second-order valence-electron chi connectivity index (χ2n) is 5.63. The zero-order valence-electron chi connectivity index (χ0n) is 12.4. The maximum atomic E-state index is 5.66. The lowest BCUT2D eigenvalue weighted by atomic mass is 9.81. The quantitative estimate of drug-likeness (QED) is 0.771. The zero-order chi connectivity index (χ0) is 14.4. The molecule has 1 unspecified atom stereocenters. The minimum Gasteiger partial charge on any atom is -0.496 e. The van der Waals surface area contributed by atoms with Crippen molar-refractivity contribution in [3.63, 3.8) is 0 Å². The van der Waals surface area contributed by atoms with Crippen LogP contribution in [-0.4, -0.2) is 33.4 Å². The first-order chi connectivity index (χ1) is 9.69. The summed E-state index contributed by atoms with van der Waals surface area (Å²) in [5.74, 6) is 0.884. The maximum Gasteiger partial charge on any atom is 0.133 e. The van der Waals surface area contributed by atoms with Crippen molar-refractivity contribution in [3.05, 3.63) is 28.2 Å². The Bertz CT molecular complexity index is 430. The topological polar surface area (TPSA) is 30.5 Å². The fourth-order valence-electron chi connectivity index (χ4n) is 2.77. The van der Waals surface area contributed by atoms with E-state index in [0.717, 1.165) is 49.4 Å².